The van der Waals surface area contributed by atoms with Crippen LogP contribution < -0.4 is 14.4 Å². The van der Waals surface area contributed by atoms with Gasteiger partial charge in [0.15, 0.2) is 0 Å². The highest BCUT2D eigenvalue weighted by Crippen LogP contribution is 2.32. The Morgan fingerprint density at radius 1 is 1.00 bits per heavy atom. The second-order valence-electron chi connectivity index (χ2n) is 8.28. The van der Waals surface area contributed by atoms with Crippen molar-refractivity contribution in [1.82, 2.24) is 5.32 Å². The average molecular weight is 501 g/mol. The molecule has 0 saturated heterocycles. The van der Waals surface area contributed by atoms with E-state index in [9.17, 15) is 13.2 Å². The first-order valence-corrected chi connectivity index (χ1v) is 12.6. The summed E-state index contributed by atoms with van der Waals surface area (Å²) < 4.78 is 33.4. The van der Waals surface area contributed by atoms with Crippen LogP contribution in [0.4, 0.5) is 5.69 Å². The van der Waals surface area contributed by atoms with E-state index in [0.29, 0.717) is 5.75 Å². The summed E-state index contributed by atoms with van der Waals surface area (Å²) in [6, 6.07) is 16.8. The molecule has 34 heavy (non-hydrogen) atoms. The van der Waals surface area contributed by atoms with Crippen LogP contribution in [0.25, 0.3) is 0 Å². The molecule has 1 unspecified atom stereocenters. The highest BCUT2D eigenvalue weighted by molar-refractivity contribution is 7.92. The lowest BCUT2D eigenvalue weighted by Gasteiger charge is -2.25. The number of ether oxygens (including phenoxy) is 1. The summed E-state index contributed by atoms with van der Waals surface area (Å²) in [6.07, 6.45) is 0. The van der Waals surface area contributed by atoms with Crippen LogP contribution in [0.1, 0.15) is 35.2 Å². The number of anilines is 1. The summed E-state index contributed by atoms with van der Waals surface area (Å²) in [5, 5.41) is 3.15. The van der Waals surface area contributed by atoms with E-state index in [1.54, 1.807) is 24.3 Å². The zero-order valence-corrected chi connectivity index (χ0v) is 21.5. The monoisotopic (exact) mass is 500 g/mol. The number of carbonyl (C=O) groups excluding carboxylic acids is 1. The van der Waals surface area contributed by atoms with Crippen LogP contribution in [0.2, 0.25) is 5.02 Å². The topological polar surface area (TPSA) is 75.7 Å². The lowest BCUT2D eigenvalue weighted by Crippen LogP contribution is -2.41. The number of rotatable bonds is 8. The molecule has 0 fully saturated rings. The molecule has 0 saturated carbocycles. The average Bonchev–Trinajstić information content (AvgIpc) is 2.79. The van der Waals surface area contributed by atoms with E-state index in [-0.39, 0.29) is 21.6 Å². The fourth-order valence-corrected chi connectivity index (χ4v) is 5.16. The van der Waals surface area contributed by atoms with Gasteiger partial charge in [-0.05, 0) is 74.7 Å². The number of hydrogen-bond acceptors (Lipinski definition) is 4. The van der Waals surface area contributed by atoms with Crippen LogP contribution in [0, 0.1) is 20.8 Å². The maximum atomic E-state index is 13.6. The zero-order valence-electron chi connectivity index (χ0n) is 19.9. The Hall–Kier alpha value is -3.03. The second kappa shape index (κ2) is 10.5. The molecule has 8 heteroatoms. The van der Waals surface area contributed by atoms with Gasteiger partial charge >= 0.3 is 0 Å². The summed E-state index contributed by atoms with van der Waals surface area (Å²) in [7, 11) is -2.57. The van der Waals surface area contributed by atoms with Crippen LogP contribution >= 0.6 is 11.6 Å². The molecule has 0 heterocycles. The summed E-state index contributed by atoms with van der Waals surface area (Å²) >= 11 is 6.27. The van der Waals surface area contributed by atoms with E-state index in [2.05, 4.69) is 5.32 Å². The van der Waals surface area contributed by atoms with Crippen LogP contribution in [0.15, 0.2) is 65.6 Å². The molecular formula is C26H29ClN2O4S. The number of sulfonamides is 1. The molecular weight excluding hydrogens is 472 g/mol. The molecule has 3 rings (SSSR count). The van der Waals surface area contributed by atoms with E-state index in [4.69, 9.17) is 16.3 Å². The standard InChI is InChI=1S/C26H29ClN2O4S/c1-17-6-11-23(12-7-17)34(31,32)29(22-10-13-25(33-5)24(27)15-22)16-26(30)28-20(4)21-9-8-18(2)19(3)14-21/h6-15,20H,16H2,1-5H3,(H,28,30). The van der Waals surface area contributed by atoms with Gasteiger partial charge in [-0.15, -0.1) is 0 Å². The number of methoxy groups -OCH3 is 1. The number of halogens is 1. The number of amides is 1. The predicted molar refractivity (Wildman–Crippen MR) is 136 cm³/mol. The van der Waals surface area contributed by atoms with E-state index < -0.39 is 22.5 Å². The Bertz CT molecular complexity index is 1290. The molecule has 0 spiro atoms. The largest absolute Gasteiger partial charge is 0.495 e. The van der Waals surface area contributed by atoms with Crippen LogP contribution in [-0.2, 0) is 14.8 Å². The molecule has 0 aliphatic heterocycles. The van der Waals surface area contributed by atoms with E-state index in [0.717, 1.165) is 26.6 Å². The lowest BCUT2D eigenvalue weighted by atomic mass is 10.0. The van der Waals surface area contributed by atoms with Crippen molar-refractivity contribution in [3.05, 3.63) is 87.9 Å². The minimum absolute atomic E-state index is 0.0834. The third kappa shape index (κ3) is 5.72. The van der Waals surface area contributed by atoms with Crippen LogP contribution in [0.3, 0.4) is 0 Å². The van der Waals surface area contributed by atoms with Gasteiger partial charge in [0.05, 0.1) is 28.8 Å². The van der Waals surface area contributed by atoms with Crippen molar-refractivity contribution in [3.8, 4) is 5.75 Å². The van der Waals surface area contributed by atoms with Crippen molar-refractivity contribution in [2.75, 3.05) is 18.0 Å². The van der Waals surface area contributed by atoms with Gasteiger partial charge in [0.25, 0.3) is 10.0 Å². The van der Waals surface area contributed by atoms with Crippen molar-refractivity contribution < 1.29 is 17.9 Å². The molecule has 0 aliphatic rings. The predicted octanol–water partition coefficient (Wildman–Crippen LogP) is 5.35. The Balaban J connectivity index is 1.93. The third-order valence-electron chi connectivity index (χ3n) is 5.73. The van der Waals surface area contributed by atoms with Gasteiger partial charge < -0.3 is 10.1 Å². The highest BCUT2D eigenvalue weighted by atomic mass is 35.5. The Kier molecular flexibility index (Phi) is 7.89. The molecule has 1 atom stereocenters. The van der Waals surface area contributed by atoms with E-state index in [1.165, 1.54) is 25.3 Å². The van der Waals surface area contributed by atoms with Gasteiger partial charge in [0.2, 0.25) is 5.91 Å². The fraction of sp³-hybridized carbons (Fsp3) is 0.269. The minimum atomic E-state index is -4.04. The van der Waals surface area contributed by atoms with Crippen LogP contribution in [0.5, 0.6) is 5.75 Å². The van der Waals surface area contributed by atoms with E-state index in [1.807, 2.05) is 45.9 Å². The summed E-state index contributed by atoms with van der Waals surface area (Å²) in [4.78, 5) is 13.1. The summed E-state index contributed by atoms with van der Waals surface area (Å²) in [5.74, 6) is -0.0285. The maximum Gasteiger partial charge on any atom is 0.264 e. The number of nitrogens with zero attached hydrogens (tertiary/aromatic N) is 1. The summed E-state index contributed by atoms with van der Waals surface area (Å²) in [5.41, 5.74) is 4.42. The molecule has 0 bridgehead atoms. The number of benzene rings is 3. The Labute approximate surface area is 206 Å². The first-order valence-electron chi connectivity index (χ1n) is 10.8. The molecule has 180 valence electrons. The lowest BCUT2D eigenvalue weighted by molar-refractivity contribution is -0.120. The fourth-order valence-electron chi connectivity index (χ4n) is 3.50. The molecule has 3 aromatic carbocycles. The van der Waals surface area contributed by atoms with Gasteiger partial charge in [0, 0.05) is 0 Å². The zero-order chi connectivity index (χ0) is 25.0. The molecule has 0 aromatic heterocycles. The normalized spacial score (nSPS) is 12.2. The molecule has 1 N–H and O–H groups in total. The number of hydrogen-bond donors (Lipinski definition) is 1. The maximum absolute atomic E-state index is 13.6. The highest BCUT2D eigenvalue weighted by Gasteiger charge is 2.28. The molecule has 0 aliphatic carbocycles. The smallest absolute Gasteiger partial charge is 0.264 e. The minimum Gasteiger partial charge on any atom is -0.495 e. The van der Waals surface area contributed by atoms with Crippen LogP contribution in [-0.4, -0.2) is 28.0 Å². The quantitative estimate of drug-likeness (QED) is 0.452. The number of carbonyl (C=O) groups is 1. The van der Waals surface area contributed by atoms with Gasteiger partial charge in [0.1, 0.15) is 12.3 Å². The van der Waals surface area contributed by atoms with Gasteiger partial charge in [-0.3, -0.25) is 9.10 Å². The Morgan fingerprint density at radius 3 is 2.26 bits per heavy atom. The SMILES string of the molecule is COc1ccc(N(CC(=O)NC(C)c2ccc(C)c(C)c2)S(=O)(=O)c2ccc(C)cc2)cc1Cl. The van der Waals surface area contributed by atoms with Crippen molar-refractivity contribution >= 4 is 33.2 Å². The van der Waals surface area contributed by atoms with E-state index >= 15 is 0 Å². The molecule has 6 nitrogen and oxygen atoms in total. The molecule has 1 amide bonds. The van der Waals surface area contributed by atoms with Gasteiger partial charge in [-0.25, -0.2) is 8.42 Å². The molecule has 0 radical (unpaired) electrons. The van der Waals surface area contributed by atoms with Gasteiger partial charge in [-0.2, -0.15) is 0 Å². The first kappa shape index (κ1) is 25.6. The van der Waals surface area contributed by atoms with Crippen molar-refractivity contribution in [1.29, 1.82) is 0 Å². The number of nitrogens with one attached hydrogen (secondary N) is 1. The van der Waals surface area contributed by atoms with Crippen molar-refractivity contribution in [2.24, 2.45) is 0 Å². The summed E-state index contributed by atoms with van der Waals surface area (Å²) in [6.45, 7) is 7.37. The van der Waals surface area contributed by atoms with Gasteiger partial charge in [-0.1, -0.05) is 47.5 Å². The Morgan fingerprint density at radius 2 is 1.68 bits per heavy atom. The molecule has 3 aromatic rings. The third-order valence-corrected chi connectivity index (χ3v) is 7.81. The number of aryl methyl sites for hydroxylation is 3. The second-order valence-corrected chi connectivity index (χ2v) is 10.5. The van der Waals surface area contributed by atoms with Crippen molar-refractivity contribution in [2.45, 2.75) is 38.6 Å². The van der Waals surface area contributed by atoms with Crippen molar-refractivity contribution in [3.63, 3.8) is 0 Å². The first-order chi connectivity index (χ1) is 16.0.